The number of amides is 2. The normalized spacial score (nSPS) is 14.9. The summed E-state index contributed by atoms with van der Waals surface area (Å²) in [5.74, 6) is 0. The average molecular weight is 280 g/mol. The minimum Gasteiger partial charge on any atom is -0.399 e. The summed E-state index contributed by atoms with van der Waals surface area (Å²) < 4.78 is 0. The number of rotatable bonds is 2. The molecule has 1 aromatic carbocycles. The first kappa shape index (κ1) is 13.7. The highest BCUT2D eigenvalue weighted by atomic mass is 35.5. The van der Waals surface area contributed by atoms with Crippen molar-refractivity contribution in [1.82, 2.24) is 5.32 Å². The van der Waals surface area contributed by atoms with E-state index in [4.69, 9.17) is 17.3 Å². The summed E-state index contributed by atoms with van der Waals surface area (Å²) in [5.41, 5.74) is 8.01. The standard InChI is InChI=1S/C14H18ClN3O/c15-12-8-11(16)6-7-13(12)18-14(19)17-9-10-4-2-1-3-5-10/h6-9H,1-5,16H2,(H2,17,18,19). The van der Waals surface area contributed by atoms with Crippen LogP contribution in [-0.4, -0.2) is 6.03 Å². The lowest BCUT2D eigenvalue weighted by molar-refractivity contribution is 0.255. The third kappa shape index (κ3) is 4.17. The Labute approximate surface area is 118 Å². The molecule has 0 saturated heterocycles. The number of nitrogen functional groups attached to an aromatic ring is 1. The van der Waals surface area contributed by atoms with Crippen molar-refractivity contribution in [2.45, 2.75) is 32.1 Å². The smallest absolute Gasteiger partial charge is 0.323 e. The minimum atomic E-state index is -0.287. The Morgan fingerprint density at radius 1 is 1.26 bits per heavy atom. The molecule has 1 fully saturated rings. The predicted octanol–water partition coefficient (Wildman–Crippen LogP) is 3.89. The number of urea groups is 1. The molecule has 102 valence electrons. The number of allylic oxidation sites excluding steroid dienone is 1. The van der Waals surface area contributed by atoms with Crippen molar-refractivity contribution in [1.29, 1.82) is 0 Å². The zero-order chi connectivity index (χ0) is 13.7. The molecule has 0 aromatic heterocycles. The molecule has 1 aliphatic rings. The summed E-state index contributed by atoms with van der Waals surface area (Å²) in [5, 5.41) is 5.87. The van der Waals surface area contributed by atoms with Gasteiger partial charge in [-0.25, -0.2) is 4.79 Å². The van der Waals surface area contributed by atoms with Gasteiger partial charge in [0, 0.05) is 11.9 Å². The van der Waals surface area contributed by atoms with E-state index in [1.165, 1.54) is 24.8 Å². The van der Waals surface area contributed by atoms with Crippen molar-refractivity contribution in [3.05, 3.63) is 35.0 Å². The Kier molecular flexibility index (Phi) is 4.68. The third-order valence-electron chi connectivity index (χ3n) is 3.14. The van der Waals surface area contributed by atoms with Gasteiger partial charge < -0.3 is 16.4 Å². The van der Waals surface area contributed by atoms with Crippen LogP contribution in [0.1, 0.15) is 32.1 Å². The molecule has 0 radical (unpaired) electrons. The molecule has 5 heteroatoms. The number of hydrogen-bond acceptors (Lipinski definition) is 2. The lowest BCUT2D eigenvalue weighted by Crippen LogP contribution is -2.24. The topological polar surface area (TPSA) is 67.1 Å². The highest BCUT2D eigenvalue weighted by molar-refractivity contribution is 6.34. The monoisotopic (exact) mass is 279 g/mol. The molecule has 0 spiro atoms. The van der Waals surface area contributed by atoms with Gasteiger partial charge in [-0.05, 0) is 43.9 Å². The van der Waals surface area contributed by atoms with Gasteiger partial charge in [-0.3, -0.25) is 0 Å². The van der Waals surface area contributed by atoms with Crippen LogP contribution in [0.2, 0.25) is 5.02 Å². The zero-order valence-electron chi connectivity index (χ0n) is 10.7. The molecule has 0 aliphatic heterocycles. The second-order valence-electron chi connectivity index (χ2n) is 4.70. The highest BCUT2D eigenvalue weighted by Crippen LogP contribution is 2.24. The van der Waals surface area contributed by atoms with Crippen LogP contribution in [0.15, 0.2) is 30.0 Å². The Morgan fingerprint density at radius 2 is 2.00 bits per heavy atom. The molecule has 2 amide bonds. The fraction of sp³-hybridized carbons (Fsp3) is 0.357. The van der Waals surface area contributed by atoms with E-state index in [1.807, 2.05) is 0 Å². The van der Waals surface area contributed by atoms with Gasteiger partial charge in [0.1, 0.15) is 0 Å². The molecule has 0 heterocycles. The number of halogens is 1. The number of carbonyl (C=O) groups is 1. The lowest BCUT2D eigenvalue weighted by atomic mass is 9.96. The van der Waals surface area contributed by atoms with Crippen LogP contribution in [0.3, 0.4) is 0 Å². The fourth-order valence-corrected chi connectivity index (χ4v) is 2.35. The first-order valence-corrected chi connectivity index (χ1v) is 6.83. The maximum Gasteiger partial charge on any atom is 0.323 e. The first-order chi connectivity index (χ1) is 9.15. The Morgan fingerprint density at radius 3 is 2.68 bits per heavy atom. The molecule has 4 N–H and O–H groups in total. The molecule has 1 saturated carbocycles. The fourth-order valence-electron chi connectivity index (χ4n) is 2.11. The molecule has 0 atom stereocenters. The number of benzene rings is 1. The van der Waals surface area contributed by atoms with Gasteiger partial charge in [0.2, 0.25) is 0 Å². The van der Waals surface area contributed by atoms with Crippen molar-refractivity contribution in [3.8, 4) is 0 Å². The molecule has 0 bridgehead atoms. The van der Waals surface area contributed by atoms with Crippen LogP contribution in [0.25, 0.3) is 0 Å². The highest BCUT2D eigenvalue weighted by Gasteiger charge is 2.07. The van der Waals surface area contributed by atoms with Crippen LogP contribution in [0, 0.1) is 0 Å². The van der Waals surface area contributed by atoms with Gasteiger partial charge in [0.25, 0.3) is 0 Å². The van der Waals surface area contributed by atoms with Gasteiger partial charge in [0.15, 0.2) is 0 Å². The number of carbonyl (C=O) groups excluding carboxylic acids is 1. The second kappa shape index (κ2) is 6.48. The van der Waals surface area contributed by atoms with E-state index >= 15 is 0 Å². The lowest BCUT2D eigenvalue weighted by Gasteiger charge is -2.14. The Hall–Kier alpha value is -1.68. The molecule has 4 nitrogen and oxygen atoms in total. The van der Waals surface area contributed by atoms with E-state index in [0.29, 0.717) is 16.4 Å². The Bertz CT molecular complexity index is 491. The van der Waals surface area contributed by atoms with Crippen molar-refractivity contribution in [2.24, 2.45) is 0 Å². The van der Waals surface area contributed by atoms with Crippen molar-refractivity contribution in [2.75, 3.05) is 11.1 Å². The Balaban J connectivity index is 1.90. The van der Waals surface area contributed by atoms with Gasteiger partial charge in [-0.2, -0.15) is 0 Å². The number of nitrogens with one attached hydrogen (secondary N) is 2. The molecular weight excluding hydrogens is 262 g/mol. The SMILES string of the molecule is Nc1ccc(NC(=O)NC=C2CCCCC2)c(Cl)c1. The molecular formula is C14H18ClN3O. The molecule has 1 aliphatic carbocycles. The van der Waals surface area contributed by atoms with Crippen LogP contribution in [-0.2, 0) is 0 Å². The van der Waals surface area contributed by atoms with Gasteiger partial charge >= 0.3 is 6.03 Å². The van der Waals surface area contributed by atoms with E-state index in [0.717, 1.165) is 12.8 Å². The van der Waals surface area contributed by atoms with Crippen LogP contribution in [0.4, 0.5) is 16.2 Å². The maximum absolute atomic E-state index is 11.7. The van der Waals surface area contributed by atoms with Gasteiger partial charge in [0.05, 0.1) is 10.7 Å². The van der Waals surface area contributed by atoms with Crippen molar-refractivity contribution < 1.29 is 4.79 Å². The van der Waals surface area contributed by atoms with Gasteiger partial charge in [-0.15, -0.1) is 0 Å². The second-order valence-corrected chi connectivity index (χ2v) is 5.11. The minimum absolute atomic E-state index is 0.287. The summed E-state index contributed by atoms with van der Waals surface area (Å²) in [4.78, 5) is 11.7. The largest absolute Gasteiger partial charge is 0.399 e. The average Bonchev–Trinajstić information content (AvgIpc) is 2.41. The molecule has 0 unspecified atom stereocenters. The maximum atomic E-state index is 11.7. The summed E-state index contributed by atoms with van der Waals surface area (Å²) >= 11 is 5.98. The van der Waals surface area contributed by atoms with E-state index in [-0.39, 0.29) is 6.03 Å². The van der Waals surface area contributed by atoms with Crippen LogP contribution >= 0.6 is 11.6 Å². The predicted molar refractivity (Wildman–Crippen MR) is 79.2 cm³/mol. The quantitative estimate of drug-likeness (QED) is 0.719. The van der Waals surface area contributed by atoms with E-state index in [9.17, 15) is 4.79 Å². The van der Waals surface area contributed by atoms with Gasteiger partial charge in [-0.1, -0.05) is 23.6 Å². The van der Waals surface area contributed by atoms with Crippen LogP contribution in [0.5, 0.6) is 0 Å². The molecule has 1 aromatic rings. The molecule has 19 heavy (non-hydrogen) atoms. The van der Waals surface area contributed by atoms with Crippen molar-refractivity contribution >= 4 is 29.0 Å². The van der Waals surface area contributed by atoms with E-state index in [1.54, 1.807) is 24.4 Å². The zero-order valence-corrected chi connectivity index (χ0v) is 11.5. The summed E-state index contributed by atoms with van der Waals surface area (Å²) in [6.07, 6.45) is 7.65. The first-order valence-electron chi connectivity index (χ1n) is 6.45. The summed E-state index contributed by atoms with van der Waals surface area (Å²) in [6, 6.07) is 4.70. The molecule has 2 rings (SSSR count). The number of nitrogens with two attached hydrogens (primary N) is 1. The summed E-state index contributed by atoms with van der Waals surface area (Å²) in [7, 11) is 0. The summed E-state index contributed by atoms with van der Waals surface area (Å²) in [6.45, 7) is 0. The van der Waals surface area contributed by atoms with Crippen molar-refractivity contribution in [3.63, 3.8) is 0 Å². The van der Waals surface area contributed by atoms with E-state index in [2.05, 4.69) is 10.6 Å². The van der Waals surface area contributed by atoms with Crippen LogP contribution < -0.4 is 16.4 Å². The third-order valence-corrected chi connectivity index (χ3v) is 3.46. The number of anilines is 2. The van der Waals surface area contributed by atoms with E-state index < -0.39 is 0 Å². The number of hydrogen-bond donors (Lipinski definition) is 3.